The number of aromatic nitrogens is 1. The molecule has 7 heteroatoms. The molecule has 0 radical (unpaired) electrons. The first kappa shape index (κ1) is 20.9. The Morgan fingerprint density at radius 3 is 2.52 bits per heavy atom. The molecule has 0 saturated heterocycles. The average molecular weight is 389 g/mol. The number of thiazole rings is 1. The number of hydrogen-bond acceptors (Lipinski definition) is 5. The minimum Gasteiger partial charge on any atom is -0.462 e. The molecular formula is C20H28N4O2S. The van der Waals surface area contributed by atoms with Crippen LogP contribution in [0.2, 0.25) is 0 Å². The van der Waals surface area contributed by atoms with E-state index in [-0.39, 0.29) is 5.97 Å². The highest BCUT2D eigenvalue weighted by atomic mass is 32.1. The molecule has 0 unspecified atom stereocenters. The molecule has 1 aromatic heterocycles. The highest BCUT2D eigenvalue weighted by Gasteiger charge is 2.06. The van der Waals surface area contributed by atoms with Crippen LogP contribution in [0.3, 0.4) is 0 Å². The quantitative estimate of drug-likeness (QED) is 0.412. The van der Waals surface area contributed by atoms with Crippen molar-refractivity contribution in [3.8, 4) is 0 Å². The molecule has 6 nitrogen and oxygen atoms in total. The van der Waals surface area contributed by atoms with Gasteiger partial charge in [-0.1, -0.05) is 12.1 Å². The van der Waals surface area contributed by atoms with Gasteiger partial charge in [0, 0.05) is 24.4 Å². The number of benzene rings is 1. The number of hydrogen-bond donors (Lipinski definition) is 2. The number of carbonyl (C=O) groups excluding carboxylic acids is 1. The van der Waals surface area contributed by atoms with Crippen LogP contribution in [0, 0.1) is 13.8 Å². The number of nitrogens with zero attached hydrogens (tertiary/aromatic N) is 2. The minimum absolute atomic E-state index is 0.296. The molecule has 2 N–H and O–H groups in total. The number of aryl methyl sites for hydroxylation is 2. The Hall–Kier alpha value is -2.41. The molecule has 146 valence electrons. The predicted molar refractivity (Wildman–Crippen MR) is 111 cm³/mol. The Kier molecular flexibility index (Phi) is 8.26. The van der Waals surface area contributed by atoms with Gasteiger partial charge in [0.1, 0.15) is 0 Å². The first-order valence-corrected chi connectivity index (χ1v) is 10.1. The van der Waals surface area contributed by atoms with E-state index in [0.717, 1.165) is 41.7 Å². The second-order valence-corrected chi connectivity index (χ2v) is 7.33. The summed E-state index contributed by atoms with van der Waals surface area (Å²) in [7, 11) is 0. The molecule has 0 saturated carbocycles. The topological polar surface area (TPSA) is 75.6 Å². The fourth-order valence-corrected chi connectivity index (χ4v) is 3.34. The molecule has 0 bridgehead atoms. The molecule has 0 aliphatic rings. The maximum absolute atomic E-state index is 11.7. The molecule has 27 heavy (non-hydrogen) atoms. The SMILES string of the molecule is CCNC(=NCc1ccc(C(=O)OCC)cc1)NCCc1nc(C)c(C)s1. The van der Waals surface area contributed by atoms with E-state index in [1.807, 2.05) is 26.0 Å². The van der Waals surface area contributed by atoms with Crippen molar-refractivity contribution in [3.63, 3.8) is 0 Å². The van der Waals surface area contributed by atoms with Crippen LogP contribution in [0.25, 0.3) is 0 Å². The largest absolute Gasteiger partial charge is 0.462 e. The van der Waals surface area contributed by atoms with Gasteiger partial charge in [-0.3, -0.25) is 0 Å². The summed E-state index contributed by atoms with van der Waals surface area (Å²) in [5.41, 5.74) is 2.71. The number of carbonyl (C=O) groups is 1. The number of guanidine groups is 1. The van der Waals surface area contributed by atoms with Gasteiger partial charge in [-0.25, -0.2) is 14.8 Å². The van der Waals surface area contributed by atoms with Crippen molar-refractivity contribution in [2.24, 2.45) is 4.99 Å². The van der Waals surface area contributed by atoms with Gasteiger partial charge in [0.25, 0.3) is 0 Å². The van der Waals surface area contributed by atoms with E-state index < -0.39 is 0 Å². The summed E-state index contributed by atoms with van der Waals surface area (Å²) >= 11 is 1.75. The van der Waals surface area contributed by atoms with Crippen LogP contribution in [0.15, 0.2) is 29.3 Å². The van der Waals surface area contributed by atoms with Gasteiger partial charge in [0.2, 0.25) is 0 Å². The third-order valence-electron chi connectivity index (χ3n) is 3.93. The van der Waals surface area contributed by atoms with Gasteiger partial charge in [-0.15, -0.1) is 11.3 Å². The molecule has 0 fully saturated rings. The summed E-state index contributed by atoms with van der Waals surface area (Å²) in [5, 5.41) is 7.74. The van der Waals surface area contributed by atoms with Crippen molar-refractivity contribution in [1.82, 2.24) is 15.6 Å². The first-order valence-electron chi connectivity index (χ1n) is 9.24. The van der Waals surface area contributed by atoms with Crippen molar-refractivity contribution in [3.05, 3.63) is 51.0 Å². The molecule has 2 aromatic rings. The number of ether oxygens (including phenoxy) is 1. The summed E-state index contributed by atoms with van der Waals surface area (Å²) in [4.78, 5) is 22.1. The third-order valence-corrected chi connectivity index (χ3v) is 5.07. The average Bonchev–Trinajstić information content (AvgIpc) is 2.98. The lowest BCUT2D eigenvalue weighted by Crippen LogP contribution is -2.38. The predicted octanol–water partition coefficient (Wildman–Crippen LogP) is 3.23. The van der Waals surface area contributed by atoms with Crippen molar-refractivity contribution < 1.29 is 9.53 Å². The van der Waals surface area contributed by atoms with E-state index >= 15 is 0 Å². The molecule has 2 rings (SSSR count). The minimum atomic E-state index is -0.296. The van der Waals surface area contributed by atoms with Crippen LogP contribution in [-0.2, 0) is 17.7 Å². The summed E-state index contributed by atoms with van der Waals surface area (Å²) in [6.45, 7) is 10.5. The van der Waals surface area contributed by atoms with E-state index in [1.54, 1.807) is 30.4 Å². The zero-order chi connectivity index (χ0) is 19.6. The Bertz CT molecular complexity index is 749. The van der Waals surface area contributed by atoms with Crippen molar-refractivity contribution in [1.29, 1.82) is 0 Å². The molecule has 0 amide bonds. The Morgan fingerprint density at radius 1 is 1.19 bits per heavy atom. The van der Waals surface area contributed by atoms with Gasteiger partial charge in [0.15, 0.2) is 5.96 Å². The Morgan fingerprint density at radius 2 is 1.93 bits per heavy atom. The maximum atomic E-state index is 11.7. The fraction of sp³-hybridized carbons (Fsp3) is 0.450. The molecule has 0 atom stereocenters. The van der Waals surface area contributed by atoms with Crippen molar-refractivity contribution in [2.45, 2.75) is 40.7 Å². The van der Waals surface area contributed by atoms with Crippen LogP contribution in [0.5, 0.6) is 0 Å². The van der Waals surface area contributed by atoms with Gasteiger partial charge in [-0.05, 0) is 45.4 Å². The summed E-state index contributed by atoms with van der Waals surface area (Å²) in [6, 6.07) is 7.35. The molecule has 0 aliphatic carbocycles. The van der Waals surface area contributed by atoms with Gasteiger partial charge in [-0.2, -0.15) is 0 Å². The molecule has 0 spiro atoms. The van der Waals surface area contributed by atoms with Gasteiger partial charge >= 0.3 is 5.97 Å². The first-order chi connectivity index (χ1) is 13.0. The Balaban J connectivity index is 1.89. The summed E-state index contributed by atoms with van der Waals surface area (Å²) in [5.74, 6) is 0.479. The summed E-state index contributed by atoms with van der Waals surface area (Å²) in [6.07, 6.45) is 0.873. The second-order valence-electron chi connectivity index (χ2n) is 6.04. The third kappa shape index (κ3) is 6.67. The lowest BCUT2D eigenvalue weighted by atomic mass is 10.1. The van der Waals surface area contributed by atoms with Crippen LogP contribution in [0.4, 0.5) is 0 Å². The Labute approximate surface area is 165 Å². The zero-order valence-corrected chi connectivity index (χ0v) is 17.3. The van der Waals surface area contributed by atoms with Crippen LogP contribution >= 0.6 is 11.3 Å². The zero-order valence-electron chi connectivity index (χ0n) is 16.5. The molecule has 1 heterocycles. The van der Waals surface area contributed by atoms with E-state index in [4.69, 9.17) is 4.74 Å². The van der Waals surface area contributed by atoms with E-state index in [9.17, 15) is 4.79 Å². The van der Waals surface area contributed by atoms with Gasteiger partial charge in [0.05, 0.1) is 29.4 Å². The monoisotopic (exact) mass is 388 g/mol. The number of rotatable bonds is 8. The standard InChI is InChI=1S/C20H28N4O2S/c1-5-21-20(22-12-11-18-24-14(3)15(4)27-18)23-13-16-7-9-17(10-8-16)19(25)26-6-2/h7-10H,5-6,11-13H2,1-4H3,(H2,21,22,23). The van der Waals surface area contributed by atoms with Crippen LogP contribution in [-0.4, -0.2) is 36.6 Å². The maximum Gasteiger partial charge on any atom is 0.338 e. The number of aliphatic imine (C=N–C) groups is 1. The molecule has 0 aliphatic heterocycles. The van der Waals surface area contributed by atoms with Crippen LogP contribution in [0.1, 0.15) is 45.3 Å². The van der Waals surface area contributed by atoms with Crippen molar-refractivity contribution in [2.75, 3.05) is 19.7 Å². The van der Waals surface area contributed by atoms with Crippen LogP contribution < -0.4 is 10.6 Å². The highest BCUT2D eigenvalue weighted by Crippen LogP contribution is 2.16. The number of esters is 1. The highest BCUT2D eigenvalue weighted by molar-refractivity contribution is 7.11. The molecular weight excluding hydrogens is 360 g/mol. The van der Waals surface area contributed by atoms with Crippen molar-refractivity contribution >= 4 is 23.3 Å². The van der Waals surface area contributed by atoms with E-state index in [1.165, 1.54) is 4.88 Å². The lowest BCUT2D eigenvalue weighted by molar-refractivity contribution is 0.0526. The lowest BCUT2D eigenvalue weighted by Gasteiger charge is -2.10. The fourth-order valence-electron chi connectivity index (χ4n) is 2.41. The van der Waals surface area contributed by atoms with E-state index in [2.05, 4.69) is 27.5 Å². The molecule has 1 aromatic carbocycles. The summed E-state index contributed by atoms with van der Waals surface area (Å²) < 4.78 is 5.00. The normalized spacial score (nSPS) is 11.3. The van der Waals surface area contributed by atoms with E-state index in [0.29, 0.717) is 18.7 Å². The smallest absolute Gasteiger partial charge is 0.338 e. The second kappa shape index (κ2) is 10.7. The number of nitrogens with one attached hydrogen (secondary N) is 2. The van der Waals surface area contributed by atoms with Gasteiger partial charge < -0.3 is 15.4 Å².